The Bertz CT molecular complexity index is 814. The minimum atomic E-state index is -1.72. The van der Waals surface area contributed by atoms with Crippen LogP contribution in [0.3, 0.4) is 0 Å². The highest BCUT2D eigenvalue weighted by atomic mass is 16.5. The Labute approximate surface area is 129 Å². The Hall–Kier alpha value is -3.13. The first kappa shape index (κ1) is 14.8. The lowest BCUT2D eigenvalue weighted by Gasteiger charge is -2.30. The number of Topliss-reactive ketones (excluding diaryl/α,β-unsaturated/α-hetero) is 1. The van der Waals surface area contributed by atoms with Crippen molar-refractivity contribution >= 4 is 5.78 Å². The number of hydrogen-bond donors (Lipinski definition) is 6. The molecule has 0 amide bonds. The summed E-state index contributed by atoms with van der Waals surface area (Å²) in [4.78, 5) is 12.2. The lowest BCUT2D eigenvalue weighted by atomic mass is 9.92. The average molecular weight is 320 g/mol. The number of ketones is 1. The summed E-state index contributed by atoms with van der Waals surface area (Å²) >= 11 is 0. The number of carbonyl (C=O) groups is 1. The van der Waals surface area contributed by atoms with Gasteiger partial charge < -0.3 is 35.4 Å². The molecule has 0 fully saturated rings. The maximum Gasteiger partial charge on any atom is 0.203 e. The molecule has 2 aromatic carbocycles. The fraction of sp³-hybridized carbons (Fsp3) is 0.133. The molecule has 1 aliphatic rings. The molecule has 3 rings (SSSR count). The van der Waals surface area contributed by atoms with Gasteiger partial charge in [0.25, 0.3) is 0 Å². The lowest BCUT2D eigenvalue weighted by molar-refractivity contribution is 0.0197. The minimum absolute atomic E-state index is 0.147. The Morgan fingerprint density at radius 2 is 1.57 bits per heavy atom. The van der Waals surface area contributed by atoms with Crippen molar-refractivity contribution in [2.24, 2.45) is 0 Å². The molecule has 0 radical (unpaired) electrons. The Morgan fingerprint density at radius 1 is 0.870 bits per heavy atom. The zero-order valence-electron chi connectivity index (χ0n) is 11.5. The molecule has 0 bridgehead atoms. The van der Waals surface area contributed by atoms with E-state index in [2.05, 4.69) is 0 Å². The molecule has 0 aliphatic carbocycles. The number of aromatic hydroxyl groups is 5. The van der Waals surface area contributed by atoms with Crippen molar-refractivity contribution in [1.29, 1.82) is 0 Å². The summed E-state index contributed by atoms with van der Waals surface area (Å²) < 4.78 is 5.35. The summed E-state index contributed by atoms with van der Waals surface area (Å²) in [6, 6.07) is 4.29. The fourth-order valence-corrected chi connectivity index (χ4v) is 2.42. The molecule has 8 nitrogen and oxygen atoms in total. The van der Waals surface area contributed by atoms with E-state index in [4.69, 9.17) is 4.74 Å². The molecule has 0 spiro atoms. The lowest BCUT2D eigenvalue weighted by Crippen LogP contribution is -2.36. The zero-order valence-corrected chi connectivity index (χ0v) is 11.5. The van der Waals surface area contributed by atoms with Crippen LogP contribution in [0.5, 0.6) is 34.5 Å². The summed E-state index contributed by atoms with van der Waals surface area (Å²) in [7, 11) is 0. The number of fused-ring (bicyclic) bond motifs is 1. The predicted octanol–water partition coefficient (Wildman–Crippen LogP) is 0.892. The fourth-order valence-electron chi connectivity index (χ4n) is 2.42. The van der Waals surface area contributed by atoms with Gasteiger partial charge in [0.1, 0.15) is 11.3 Å². The van der Waals surface area contributed by atoms with Gasteiger partial charge in [0, 0.05) is 6.07 Å². The second kappa shape index (κ2) is 4.96. The maximum absolute atomic E-state index is 12.2. The molecule has 2 aromatic rings. The van der Waals surface area contributed by atoms with E-state index in [1.165, 1.54) is 6.07 Å². The highest BCUT2D eigenvalue weighted by molar-refractivity contribution is 6.06. The number of hydrogen-bond acceptors (Lipinski definition) is 8. The minimum Gasteiger partial charge on any atom is -0.507 e. The number of carbonyl (C=O) groups excluding carboxylic acids is 1. The molecule has 23 heavy (non-hydrogen) atoms. The van der Waals surface area contributed by atoms with E-state index in [-0.39, 0.29) is 5.56 Å². The van der Waals surface area contributed by atoms with Crippen molar-refractivity contribution < 1.29 is 40.2 Å². The van der Waals surface area contributed by atoms with Gasteiger partial charge in [0.15, 0.2) is 35.2 Å². The van der Waals surface area contributed by atoms with Crippen LogP contribution in [-0.4, -0.2) is 42.5 Å². The Balaban J connectivity index is 2.14. The third-order valence-electron chi connectivity index (χ3n) is 3.59. The quantitative estimate of drug-likeness (QED) is 0.335. The van der Waals surface area contributed by atoms with Gasteiger partial charge in [0.05, 0.1) is 0 Å². The smallest absolute Gasteiger partial charge is 0.203 e. The standard InChI is InChI=1S/C15H12O8/c16-6-2-1-5(3-7(6)17)14-13(22)12(21)10-8(18)4-9(19)11(20)15(10)23-14/h1-4,13-14,16-20,22H. The van der Waals surface area contributed by atoms with Crippen LogP contribution in [0.15, 0.2) is 24.3 Å². The van der Waals surface area contributed by atoms with E-state index in [1.807, 2.05) is 0 Å². The molecular weight excluding hydrogens is 308 g/mol. The van der Waals surface area contributed by atoms with Gasteiger partial charge in [-0.05, 0) is 17.7 Å². The third kappa shape index (κ3) is 2.16. The molecule has 0 saturated heterocycles. The monoisotopic (exact) mass is 320 g/mol. The summed E-state index contributed by atoms with van der Waals surface area (Å²) in [5, 5.41) is 58.0. The van der Waals surface area contributed by atoms with Crippen molar-refractivity contribution in [3.8, 4) is 34.5 Å². The average Bonchev–Trinajstić information content (AvgIpc) is 2.50. The maximum atomic E-state index is 12.2. The molecule has 2 unspecified atom stereocenters. The van der Waals surface area contributed by atoms with Gasteiger partial charge >= 0.3 is 0 Å². The second-order valence-corrected chi connectivity index (χ2v) is 5.06. The van der Waals surface area contributed by atoms with Gasteiger partial charge in [-0.15, -0.1) is 0 Å². The van der Waals surface area contributed by atoms with Crippen LogP contribution in [0.25, 0.3) is 0 Å². The summed E-state index contributed by atoms with van der Waals surface area (Å²) in [5.41, 5.74) is -0.305. The van der Waals surface area contributed by atoms with Crippen LogP contribution in [0.1, 0.15) is 22.0 Å². The SMILES string of the molecule is O=C1c2c(O)cc(O)c(O)c2OC(c2ccc(O)c(O)c2)C1O. The highest BCUT2D eigenvalue weighted by Gasteiger charge is 2.41. The van der Waals surface area contributed by atoms with E-state index in [9.17, 15) is 35.4 Å². The van der Waals surface area contributed by atoms with Gasteiger partial charge in [-0.3, -0.25) is 4.79 Å². The number of aliphatic hydroxyl groups excluding tert-OH is 1. The van der Waals surface area contributed by atoms with Gasteiger partial charge in [-0.25, -0.2) is 0 Å². The molecule has 2 atom stereocenters. The largest absolute Gasteiger partial charge is 0.507 e. The molecule has 8 heteroatoms. The normalized spacial score (nSPS) is 20.0. The molecule has 0 saturated carbocycles. The summed E-state index contributed by atoms with van der Waals surface area (Å²) in [5.74, 6) is -4.38. The number of phenols is 5. The van der Waals surface area contributed by atoms with Crippen molar-refractivity contribution in [2.45, 2.75) is 12.2 Å². The first-order valence-electron chi connectivity index (χ1n) is 6.50. The number of ether oxygens (including phenoxy) is 1. The van der Waals surface area contributed by atoms with Gasteiger partial charge in [-0.2, -0.15) is 0 Å². The van der Waals surface area contributed by atoms with Crippen LogP contribution in [0, 0.1) is 0 Å². The van der Waals surface area contributed by atoms with Crippen molar-refractivity contribution in [2.75, 3.05) is 0 Å². The van der Waals surface area contributed by atoms with Gasteiger partial charge in [0.2, 0.25) is 11.5 Å². The van der Waals surface area contributed by atoms with Crippen molar-refractivity contribution in [1.82, 2.24) is 0 Å². The molecular formula is C15H12O8. The van der Waals surface area contributed by atoms with Crippen LogP contribution in [0.4, 0.5) is 0 Å². The first-order chi connectivity index (χ1) is 10.8. The van der Waals surface area contributed by atoms with Crippen LogP contribution in [0.2, 0.25) is 0 Å². The number of aliphatic hydroxyl groups is 1. The highest BCUT2D eigenvalue weighted by Crippen LogP contribution is 2.49. The van der Waals surface area contributed by atoms with Gasteiger partial charge in [-0.1, -0.05) is 6.07 Å². The third-order valence-corrected chi connectivity index (χ3v) is 3.59. The van der Waals surface area contributed by atoms with Crippen molar-refractivity contribution in [3.63, 3.8) is 0 Å². The predicted molar refractivity (Wildman–Crippen MR) is 74.9 cm³/mol. The molecule has 0 aromatic heterocycles. The second-order valence-electron chi connectivity index (χ2n) is 5.06. The van der Waals surface area contributed by atoms with Crippen LogP contribution >= 0.6 is 0 Å². The number of phenolic OH excluding ortho intramolecular Hbond substituents is 5. The molecule has 6 N–H and O–H groups in total. The summed E-state index contributed by atoms with van der Waals surface area (Å²) in [6.45, 7) is 0. The van der Waals surface area contributed by atoms with Crippen LogP contribution < -0.4 is 4.74 Å². The summed E-state index contributed by atoms with van der Waals surface area (Å²) in [6.07, 6.45) is -3.03. The van der Waals surface area contributed by atoms with E-state index >= 15 is 0 Å². The topological polar surface area (TPSA) is 148 Å². The molecule has 1 aliphatic heterocycles. The Kier molecular flexibility index (Phi) is 3.19. The molecule has 1 heterocycles. The van der Waals surface area contributed by atoms with E-state index in [0.717, 1.165) is 18.2 Å². The number of rotatable bonds is 1. The van der Waals surface area contributed by atoms with E-state index in [0.29, 0.717) is 0 Å². The van der Waals surface area contributed by atoms with Crippen molar-refractivity contribution in [3.05, 3.63) is 35.4 Å². The van der Waals surface area contributed by atoms with Crippen LogP contribution in [-0.2, 0) is 0 Å². The Morgan fingerprint density at radius 3 is 2.22 bits per heavy atom. The van der Waals surface area contributed by atoms with E-state index < -0.39 is 58.1 Å². The van der Waals surface area contributed by atoms with E-state index in [1.54, 1.807) is 0 Å². The zero-order chi connectivity index (χ0) is 16.9. The molecule has 120 valence electrons. The first-order valence-corrected chi connectivity index (χ1v) is 6.50. The number of benzene rings is 2.